The number of phosphoric acid groups is 2. The van der Waals surface area contributed by atoms with E-state index in [1.165, 1.54) is 0 Å². The number of esters is 2. The Morgan fingerprint density at radius 1 is 0.738 bits per heavy atom. The van der Waals surface area contributed by atoms with Crippen LogP contribution < -0.4 is 0 Å². The van der Waals surface area contributed by atoms with Crippen LogP contribution in [0.5, 0.6) is 0 Å². The lowest BCUT2D eigenvalue weighted by Gasteiger charge is -2.40. The number of carbonyl (C=O) groups excluding carboxylic acids is 2. The fourth-order valence-electron chi connectivity index (χ4n) is 4.31. The van der Waals surface area contributed by atoms with Crippen LogP contribution in [0.25, 0.3) is 0 Å². The minimum Gasteiger partial charge on any atom is -0.462 e. The topological polar surface area (TPSA) is 236 Å². The molecule has 1 rings (SSSR count). The molecule has 248 valence electrons. The number of rotatable bonds is 22. The zero-order chi connectivity index (χ0) is 31.8. The van der Waals surface area contributed by atoms with E-state index in [1.807, 2.05) is 0 Å². The molecule has 1 saturated carbocycles. The zero-order valence-corrected chi connectivity index (χ0v) is 26.1. The summed E-state index contributed by atoms with van der Waals surface area (Å²) in [5, 5.41) is 30.5. The summed E-state index contributed by atoms with van der Waals surface area (Å²) in [5.74, 6) is -1.17. The summed E-state index contributed by atoms with van der Waals surface area (Å²) in [7, 11) is -10.3. The van der Waals surface area contributed by atoms with Crippen molar-refractivity contribution in [2.75, 3.05) is 13.2 Å². The number of ether oxygens (including phenoxy) is 2. The SMILES string of the molecule is CCCCCCCC(=O)OC[C@H](COP(=O)(O)O[C@H]1[C@H](O)[C@@H](OP(=O)(O)O)[C@H](O)C[C@H]1O)OC(=O)CCCCCCC. The molecule has 1 aliphatic carbocycles. The van der Waals surface area contributed by atoms with Crippen molar-refractivity contribution in [3.63, 3.8) is 0 Å². The average Bonchev–Trinajstić information content (AvgIpc) is 2.90. The quantitative estimate of drug-likeness (QED) is 0.0561. The fourth-order valence-corrected chi connectivity index (χ4v) is 5.88. The van der Waals surface area contributed by atoms with Gasteiger partial charge in [-0.25, -0.2) is 9.13 Å². The van der Waals surface area contributed by atoms with Crippen LogP contribution in [0.4, 0.5) is 0 Å². The molecule has 0 amide bonds. The Labute approximate surface area is 246 Å². The van der Waals surface area contributed by atoms with E-state index in [1.54, 1.807) is 0 Å². The summed E-state index contributed by atoms with van der Waals surface area (Å²) in [6, 6.07) is 0. The summed E-state index contributed by atoms with van der Waals surface area (Å²) in [6.07, 6.45) is -2.24. The molecule has 15 nitrogen and oxygen atoms in total. The van der Waals surface area contributed by atoms with Gasteiger partial charge in [0.15, 0.2) is 6.10 Å². The van der Waals surface area contributed by atoms with E-state index in [0.717, 1.165) is 51.4 Å². The third kappa shape index (κ3) is 16.8. The summed E-state index contributed by atoms with van der Waals surface area (Å²) in [5.41, 5.74) is 0. The number of unbranched alkanes of at least 4 members (excludes halogenated alkanes) is 8. The zero-order valence-electron chi connectivity index (χ0n) is 24.3. The number of aliphatic hydroxyl groups excluding tert-OH is 3. The summed E-state index contributed by atoms with van der Waals surface area (Å²) < 4.78 is 48.5. The van der Waals surface area contributed by atoms with Gasteiger partial charge in [0.05, 0.1) is 18.8 Å². The molecule has 0 aliphatic heterocycles. The molecule has 0 saturated heterocycles. The molecule has 0 spiro atoms. The standard InChI is InChI=1S/C25H48O15P2/c1-3-5-7-9-11-13-21(28)36-16-18(38-22(29)14-12-10-8-6-4-2)17-37-42(34,35)40-25-20(27)15-19(26)24(23(25)30)39-41(31,32)33/h18-20,23-27,30H,3-17H2,1-2H3,(H,34,35)(H2,31,32,33)/t18-,19-,20-,23-,24+,25-/m1/s1. The molecule has 0 aromatic carbocycles. The maximum atomic E-state index is 12.7. The van der Waals surface area contributed by atoms with Crippen molar-refractivity contribution in [2.24, 2.45) is 0 Å². The third-order valence-electron chi connectivity index (χ3n) is 6.55. The monoisotopic (exact) mass is 650 g/mol. The van der Waals surface area contributed by atoms with Crippen LogP contribution in [0, 0.1) is 0 Å². The highest BCUT2D eigenvalue weighted by Gasteiger charge is 2.49. The van der Waals surface area contributed by atoms with E-state index in [0.29, 0.717) is 12.8 Å². The van der Waals surface area contributed by atoms with Crippen LogP contribution in [0.3, 0.4) is 0 Å². The highest BCUT2D eigenvalue weighted by molar-refractivity contribution is 7.47. The molecule has 1 aliphatic rings. The van der Waals surface area contributed by atoms with Crippen molar-refractivity contribution < 1.29 is 71.8 Å². The highest BCUT2D eigenvalue weighted by Crippen LogP contribution is 2.48. The van der Waals surface area contributed by atoms with Crippen molar-refractivity contribution in [1.82, 2.24) is 0 Å². The lowest BCUT2D eigenvalue weighted by atomic mass is 9.87. The van der Waals surface area contributed by atoms with Crippen LogP contribution in [0.1, 0.15) is 97.3 Å². The van der Waals surface area contributed by atoms with Gasteiger partial charge in [0, 0.05) is 19.3 Å². The van der Waals surface area contributed by atoms with Crippen molar-refractivity contribution >= 4 is 27.6 Å². The minimum absolute atomic E-state index is 0.0720. The molecule has 0 aromatic heterocycles. The second-order valence-electron chi connectivity index (χ2n) is 10.4. The maximum absolute atomic E-state index is 12.7. The van der Waals surface area contributed by atoms with E-state index in [9.17, 15) is 38.9 Å². The van der Waals surface area contributed by atoms with Crippen molar-refractivity contribution in [2.45, 2.75) is 134 Å². The first kappa shape index (κ1) is 39.1. The van der Waals surface area contributed by atoms with Gasteiger partial charge in [-0.2, -0.15) is 0 Å². The molecular weight excluding hydrogens is 602 g/mol. The Bertz CT molecular complexity index is 882. The number of phosphoric ester groups is 2. The molecule has 0 aromatic rings. The number of aliphatic hydroxyl groups is 3. The van der Waals surface area contributed by atoms with E-state index in [2.05, 4.69) is 18.4 Å². The van der Waals surface area contributed by atoms with Gasteiger partial charge in [0.1, 0.15) is 24.9 Å². The van der Waals surface area contributed by atoms with Gasteiger partial charge in [0.2, 0.25) is 0 Å². The minimum atomic E-state index is -5.20. The fraction of sp³-hybridized carbons (Fsp3) is 0.920. The predicted octanol–water partition coefficient (Wildman–Crippen LogP) is 2.63. The smallest absolute Gasteiger partial charge is 0.462 e. The first-order valence-electron chi connectivity index (χ1n) is 14.5. The second kappa shape index (κ2) is 20.1. The Hall–Kier alpha value is -0.960. The highest BCUT2D eigenvalue weighted by atomic mass is 31.2. The molecule has 0 radical (unpaired) electrons. The van der Waals surface area contributed by atoms with Gasteiger partial charge in [-0.05, 0) is 12.8 Å². The van der Waals surface area contributed by atoms with E-state index < -0.39 is 83.8 Å². The van der Waals surface area contributed by atoms with Gasteiger partial charge < -0.3 is 39.5 Å². The molecule has 1 unspecified atom stereocenters. The third-order valence-corrected chi connectivity index (χ3v) is 8.05. The molecule has 0 bridgehead atoms. The van der Waals surface area contributed by atoms with Gasteiger partial charge >= 0.3 is 27.6 Å². The Kier molecular flexibility index (Phi) is 18.7. The number of hydrogen-bond acceptors (Lipinski definition) is 12. The summed E-state index contributed by atoms with van der Waals surface area (Å²) in [6.45, 7) is 2.90. The normalized spacial score (nSPS) is 25.0. The molecule has 1 fully saturated rings. The lowest BCUT2D eigenvalue weighted by molar-refractivity contribution is -0.171. The number of carbonyl (C=O) groups is 2. The van der Waals surface area contributed by atoms with E-state index >= 15 is 0 Å². The largest absolute Gasteiger partial charge is 0.472 e. The van der Waals surface area contributed by atoms with Crippen LogP contribution in [0.15, 0.2) is 0 Å². The van der Waals surface area contributed by atoms with Crippen LogP contribution in [0.2, 0.25) is 0 Å². The molecule has 42 heavy (non-hydrogen) atoms. The van der Waals surface area contributed by atoms with Crippen LogP contribution in [-0.4, -0.2) is 91.8 Å². The Morgan fingerprint density at radius 2 is 1.24 bits per heavy atom. The first-order valence-corrected chi connectivity index (χ1v) is 17.5. The first-order chi connectivity index (χ1) is 19.7. The average molecular weight is 651 g/mol. The molecule has 17 heteroatoms. The van der Waals surface area contributed by atoms with Gasteiger partial charge in [-0.15, -0.1) is 0 Å². The lowest BCUT2D eigenvalue weighted by Crippen LogP contribution is -2.57. The number of hydrogen-bond donors (Lipinski definition) is 6. The van der Waals surface area contributed by atoms with Crippen molar-refractivity contribution in [3.05, 3.63) is 0 Å². The van der Waals surface area contributed by atoms with Gasteiger partial charge in [-0.3, -0.25) is 23.2 Å². The molecular formula is C25H48O15P2. The van der Waals surface area contributed by atoms with Crippen molar-refractivity contribution in [3.8, 4) is 0 Å². The van der Waals surface area contributed by atoms with Crippen LogP contribution in [-0.2, 0) is 41.8 Å². The predicted molar refractivity (Wildman–Crippen MR) is 148 cm³/mol. The van der Waals surface area contributed by atoms with E-state index in [-0.39, 0.29) is 12.8 Å². The van der Waals surface area contributed by atoms with Crippen LogP contribution >= 0.6 is 15.6 Å². The molecule has 0 heterocycles. The molecule has 6 N–H and O–H groups in total. The molecule has 7 atom stereocenters. The second-order valence-corrected chi connectivity index (χ2v) is 13.0. The van der Waals surface area contributed by atoms with Crippen molar-refractivity contribution in [1.29, 1.82) is 0 Å². The van der Waals surface area contributed by atoms with E-state index in [4.69, 9.17) is 28.3 Å². The Morgan fingerprint density at radius 3 is 1.76 bits per heavy atom. The maximum Gasteiger partial charge on any atom is 0.472 e. The van der Waals surface area contributed by atoms with Gasteiger partial charge in [0.25, 0.3) is 0 Å². The summed E-state index contributed by atoms with van der Waals surface area (Å²) >= 11 is 0. The Balaban J connectivity index is 2.78. The summed E-state index contributed by atoms with van der Waals surface area (Å²) in [4.78, 5) is 52.8. The van der Waals surface area contributed by atoms with Gasteiger partial charge in [-0.1, -0.05) is 65.2 Å².